The maximum Gasteiger partial charge on any atom is 0.278 e. The molecule has 34 heavy (non-hydrogen) atoms. The van der Waals surface area contributed by atoms with Crippen LogP contribution in [0.15, 0.2) is 59.4 Å². The normalized spacial score (nSPS) is 12.7. The zero-order valence-electron chi connectivity index (χ0n) is 18.1. The Morgan fingerprint density at radius 1 is 1.09 bits per heavy atom. The molecule has 0 fully saturated rings. The molecule has 0 saturated heterocycles. The van der Waals surface area contributed by atoms with Gasteiger partial charge >= 0.3 is 0 Å². The van der Waals surface area contributed by atoms with E-state index in [9.17, 15) is 9.59 Å². The fourth-order valence-electron chi connectivity index (χ4n) is 3.97. The van der Waals surface area contributed by atoms with Gasteiger partial charge in [0, 0.05) is 40.5 Å². The largest absolute Gasteiger partial charge is 0.355 e. The Morgan fingerprint density at radius 3 is 2.71 bits per heavy atom. The van der Waals surface area contributed by atoms with Crippen LogP contribution in [0.1, 0.15) is 49.7 Å². The van der Waals surface area contributed by atoms with Crippen LogP contribution in [0, 0.1) is 0 Å². The zero-order valence-corrected chi connectivity index (χ0v) is 19.7. The number of amides is 2. The van der Waals surface area contributed by atoms with Crippen LogP contribution in [-0.4, -0.2) is 22.0 Å². The Balaban J connectivity index is 1.37. The second-order valence-electron chi connectivity index (χ2n) is 8.00. The van der Waals surface area contributed by atoms with Crippen molar-refractivity contribution >= 4 is 39.8 Å². The number of carbonyl (C=O) groups excluding carboxylic acids is 2. The number of benzene rings is 1. The van der Waals surface area contributed by atoms with Crippen LogP contribution in [-0.2, 0) is 19.4 Å². The van der Waals surface area contributed by atoms with Crippen LogP contribution < -0.4 is 10.6 Å². The predicted octanol–water partition coefficient (Wildman–Crippen LogP) is 5.51. The van der Waals surface area contributed by atoms with Crippen LogP contribution in [0.2, 0.25) is 5.02 Å². The molecule has 4 aromatic rings. The van der Waals surface area contributed by atoms with E-state index in [1.807, 2.05) is 12.1 Å². The second-order valence-corrected chi connectivity index (χ2v) is 9.54. The molecule has 0 aliphatic heterocycles. The lowest BCUT2D eigenvalue weighted by Crippen LogP contribution is -2.25. The molecule has 3 heterocycles. The molecule has 7 nitrogen and oxygen atoms in total. The number of nitrogens with zero attached hydrogens (tertiary/aromatic N) is 2. The number of aromatic nitrogens is 2. The van der Waals surface area contributed by atoms with E-state index in [0.717, 1.165) is 47.3 Å². The molecular weight excluding hydrogens is 472 g/mol. The second kappa shape index (κ2) is 9.79. The molecule has 0 spiro atoms. The standard InChI is InChI=1S/C25H21ClN4O3S/c26-17-9-7-16(8-10-17)20-12-19(30-33-20)23(31)29-25-22(18-5-1-2-6-21(18)34-25)24(32)28-14-15-4-3-11-27-13-15/h3-4,7-13H,1-2,5-6,14H2,(H,28,32)(H,29,31). The van der Waals surface area contributed by atoms with Crippen molar-refractivity contribution in [3.63, 3.8) is 0 Å². The van der Waals surface area contributed by atoms with Gasteiger partial charge in [-0.3, -0.25) is 14.6 Å². The molecule has 0 radical (unpaired) electrons. The molecule has 172 valence electrons. The van der Waals surface area contributed by atoms with E-state index in [4.69, 9.17) is 16.1 Å². The minimum Gasteiger partial charge on any atom is -0.355 e. The van der Waals surface area contributed by atoms with Crippen molar-refractivity contribution < 1.29 is 14.1 Å². The van der Waals surface area contributed by atoms with E-state index in [0.29, 0.717) is 27.9 Å². The van der Waals surface area contributed by atoms with Crippen molar-refractivity contribution in [2.75, 3.05) is 5.32 Å². The van der Waals surface area contributed by atoms with Crippen molar-refractivity contribution in [1.82, 2.24) is 15.5 Å². The molecule has 1 aliphatic rings. The number of nitrogens with one attached hydrogen (secondary N) is 2. The Morgan fingerprint density at radius 2 is 1.91 bits per heavy atom. The number of thiophene rings is 1. The summed E-state index contributed by atoms with van der Waals surface area (Å²) in [5.74, 6) is -0.175. The topological polar surface area (TPSA) is 97.1 Å². The van der Waals surface area contributed by atoms with Crippen LogP contribution in [0.4, 0.5) is 5.00 Å². The van der Waals surface area contributed by atoms with Gasteiger partial charge in [-0.15, -0.1) is 11.3 Å². The number of aryl methyl sites for hydroxylation is 1. The Labute approximate surface area is 205 Å². The highest BCUT2D eigenvalue weighted by Crippen LogP contribution is 2.38. The molecule has 2 N–H and O–H groups in total. The van der Waals surface area contributed by atoms with Crippen molar-refractivity contribution in [1.29, 1.82) is 0 Å². The van der Waals surface area contributed by atoms with Crippen LogP contribution in [0.25, 0.3) is 11.3 Å². The van der Waals surface area contributed by atoms with Gasteiger partial charge in [0.15, 0.2) is 11.5 Å². The van der Waals surface area contributed by atoms with E-state index >= 15 is 0 Å². The van der Waals surface area contributed by atoms with Gasteiger partial charge < -0.3 is 15.2 Å². The molecule has 0 bridgehead atoms. The molecule has 5 rings (SSSR count). The highest BCUT2D eigenvalue weighted by molar-refractivity contribution is 7.17. The fourth-order valence-corrected chi connectivity index (χ4v) is 5.37. The predicted molar refractivity (Wildman–Crippen MR) is 131 cm³/mol. The molecule has 0 atom stereocenters. The summed E-state index contributed by atoms with van der Waals surface area (Å²) in [6.45, 7) is 0.360. The van der Waals surface area contributed by atoms with Crippen LogP contribution in [0.3, 0.4) is 0 Å². The summed E-state index contributed by atoms with van der Waals surface area (Å²) in [4.78, 5) is 31.4. The summed E-state index contributed by atoms with van der Waals surface area (Å²) in [5, 5.41) is 10.9. The van der Waals surface area contributed by atoms with Gasteiger partial charge in [-0.25, -0.2) is 0 Å². The summed E-state index contributed by atoms with van der Waals surface area (Å²) < 4.78 is 5.36. The third-order valence-electron chi connectivity index (χ3n) is 5.67. The number of anilines is 1. The summed E-state index contributed by atoms with van der Waals surface area (Å²) in [5.41, 5.74) is 3.37. The third kappa shape index (κ3) is 4.73. The van der Waals surface area contributed by atoms with E-state index < -0.39 is 5.91 Å². The van der Waals surface area contributed by atoms with E-state index in [1.165, 1.54) is 11.3 Å². The number of hydrogen-bond acceptors (Lipinski definition) is 6. The maximum atomic E-state index is 13.2. The van der Waals surface area contributed by atoms with E-state index in [-0.39, 0.29) is 11.6 Å². The molecule has 9 heteroatoms. The number of halogens is 1. The summed E-state index contributed by atoms with van der Waals surface area (Å²) in [6, 6.07) is 12.4. The summed E-state index contributed by atoms with van der Waals surface area (Å²) in [6.07, 6.45) is 7.23. The zero-order chi connectivity index (χ0) is 23.5. The SMILES string of the molecule is O=C(Nc1sc2c(c1C(=O)NCc1cccnc1)CCCC2)c1cc(-c2ccc(Cl)cc2)on1. The lowest BCUT2D eigenvalue weighted by molar-refractivity contribution is 0.0951. The van der Waals surface area contributed by atoms with Crippen molar-refractivity contribution in [3.05, 3.63) is 87.1 Å². The van der Waals surface area contributed by atoms with Crippen LogP contribution in [0.5, 0.6) is 0 Å². The first-order valence-electron chi connectivity index (χ1n) is 10.9. The molecule has 2 amide bonds. The van der Waals surface area contributed by atoms with Gasteiger partial charge in [0.25, 0.3) is 11.8 Å². The van der Waals surface area contributed by atoms with Crippen molar-refractivity contribution in [2.24, 2.45) is 0 Å². The van der Waals surface area contributed by atoms with Crippen molar-refractivity contribution in [2.45, 2.75) is 32.2 Å². The van der Waals surface area contributed by atoms with Gasteiger partial charge in [0.05, 0.1) is 5.56 Å². The molecule has 1 aromatic carbocycles. The number of hydrogen-bond donors (Lipinski definition) is 2. The summed E-state index contributed by atoms with van der Waals surface area (Å²) >= 11 is 7.40. The third-order valence-corrected chi connectivity index (χ3v) is 7.13. The minimum atomic E-state index is -0.427. The summed E-state index contributed by atoms with van der Waals surface area (Å²) in [7, 11) is 0. The van der Waals surface area contributed by atoms with Gasteiger partial charge in [0.1, 0.15) is 5.00 Å². The molecular formula is C25H21ClN4O3S. The number of rotatable bonds is 6. The number of carbonyl (C=O) groups is 2. The fraction of sp³-hybridized carbons (Fsp3) is 0.200. The molecule has 0 unspecified atom stereocenters. The molecule has 3 aromatic heterocycles. The first-order chi connectivity index (χ1) is 16.6. The molecule has 1 aliphatic carbocycles. The molecule has 0 saturated carbocycles. The maximum absolute atomic E-state index is 13.2. The van der Waals surface area contributed by atoms with Gasteiger partial charge in [-0.1, -0.05) is 22.8 Å². The average Bonchev–Trinajstić information content (AvgIpc) is 3.49. The Hall–Kier alpha value is -3.49. The van der Waals surface area contributed by atoms with Crippen LogP contribution >= 0.6 is 22.9 Å². The lowest BCUT2D eigenvalue weighted by atomic mass is 9.95. The van der Waals surface area contributed by atoms with E-state index in [2.05, 4.69) is 20.8 Å². The van der Waals surface area contributed by atoms with Gasteiger partial charge in [-0.2, -0.15) is 0 Å². The van der Waals surface area contributed by atoms with E-state index in [1.54, 1.807) is 42.7 Å². The first kappa shape index (κ1) is 22.3. The van der Waals surface area contributed by atoms with Gasteiger partial charge in [-0.05, 0) is 67.1 Å². The Bertz CT molecular complexity index is 1330. The van der Waals surface area contributed by atoms with Gasteiger partial charge in [0.2, 0.25) is 0 Å². The number of pyridine rings is 1. The minimum absolute atomic E-state index is 0.137. The highest BCUT2D eigenvalue weighted by atomic mass is 35.5. The highest BCUT2D eigenvalue weighted by Gasteiger charge is 2.27. The first-order valence-corrected chi connectivity index (χ1v) is 12.1. The quantitative estimate of drug-likeness (QED) is 0.369. The monoisotopic (exact) mass is 492 g/mol. The smallest absolute Gasteiger partial charge is 0.278 e. The average molecular weight is 493 g/mol. The number of fused-ring (bicyclic) bond motifs is 1. The lowest BCUT2D eigenvalue weighted by Gasteiger charge is -2.13. The van der Waals surface area contributed by atoms with Crippen molar-refractivity contribution in [3.8, 4) is 11.3 Å². The Kier molecular flexibility index (Phi) is 6.42.